The van der Waals surface area contributed by atoms with Gasteiger partial charge < -0.3 is 9.47 Å². The molecule has 1 aliphatic heterocycles. The van der Waals surface area contributed by atoms with Gasteiger partial charge in [0.15, 0.2) is 0 Å². The Balaban J connectivity index is 1.61. The van der Waals surface area contributed by atoms with E-state index >= 15 is 0 Å². The highest BCUT2D eigenvalue weighted by Gasteiger charge is 2.33. The van der Waals surface area contributed by atoms with Crippen LogP contribution >= 0.6 is 0 Å². The fourth-order valence-corrected chi connectivity index (χ4v) is 4.04. The van der Waals surface area contributed by atoms with Crippen LogP contribution in [0.25, 0.3) is 11.0 Å². The van der Waals surface area contributed by atoms with Gasteiger partial charge in [-0.2, -0.15) is 0 Å². The van der Waals surface area contributed by atoms with Gasteiger partial charge in [0.2, 0.25) is 5.91 Å². The molecule has 3 aromatic rings. The van der Waals surface area contributed by atoms with Gasteiger partial charge in [-0.15, -0.1) is 0 Å². The van der Waals surface area contributed by atoms with Crippen LogP contribution in [0.1, 0.15) is 43.5 Å². The molecule has 4 rings (SSSR count). The average molecular weight is 361 g/mol. The van der Waals surface area contributed by atoms with E-state index < -0.39 is 0 Å². The number of unbranched alkanes of at least 4 members (excludes halogenated alkanes) is 1. The van der Waals surface area contributed by atoms with Crippen molar-refractivity contribution in [1.29, 1.82) is 0 Å². The lowest BCUT2D eigenvalue weighted by Crippen LogP contribution is -2.26. The van der Waals surface area contributed by atoms with Crippen LogP contribution in [0.3, 0.4) is 0 Å². The molecule has 140 valence electrons. The Morgan fingerprint density at radius 2 is 1.81 bits per heavy atom. The van der Waals surface area contributed by atoms with Crippen molar-refractivity contribution in [2.45, 2.75) is 45.1 Å². The molecule has 1 amide bonds. The normalized spacial score (nSPS) is 17.1. The van der Waals surface area contributed by atoms with Gasteiger partial charge in [0, 0.05) is 32.0 Å². The summed E-state index contributed by atoms with van der Waals surface area (Å²) in [5.74, 6) is 1.53. The smallest absolute Gasteiger partial charge is 0.223 e. The molecule has 2 heterocycles. The second kappa shape index (κ2) is 7.95. The molecule has 0 saturated carbocycles. The fourth-order valence-electron chi connectivity index (χ4n) is 4.04. The Hall–Kier alpha value is -2.62. The summed E-state index contributed by atoms with van der Waals surface area (Å²) in [6.07, 6.45) is 3.74. The molecular formula is C23H27N3O. The van der Waals surface area contributed by atoms with Gasteiger partial charge in [0.1, 0.15) is 5.82 Å². The van der Waals surface area contributed by atoms with Crippen LogP contribution in [0.4, 0.5) is 0 Å². The molecule has 0 aliphatic carbocycles. The zero-order valence-electron chi connectivity index (χ0n) is 16.0. The summed E-state index contributed by atoms with van der Waals surface area (Å²) in [6, 6.07) is 18.9. The number of hydrogen-bond acceptors (Lipinski definition) is 2. The molecule has 2 aromatic carbocycles. The summed E-state index contributed by atoms with van der Waals surface area (Å²) in [6.45, 7) is 4.73. The van der Waals surface area contributed by atoms with Gasteiger partial charge in [-0.3, -0.25) is 4.79 Å². The number of aromatic nitrogens is 2. The number of aryl methyl sites for hydroxylation is 2. The maximum atomic E-state index is 12.5. The van der Waals surface area contributed by atoms with Gasteiger partial charge in [-0.1, -0.05) is 55.8 Å². The van der Waals surface area contributed by atoms with Gasteiger partial charge in [0.05, 0.1) is 11.0 Å². The van der Waals surface area contributed by atoms with E-state index in [0.29, 0.717) is 6.42 Å². The zero-order chi connectivity index (χ0) is 18.6. The monoisotopic (exact) mass is 361 g/mol. The lowest BCUT2D eigenvalue weighted by Gasteiger charge is -2.17. The van der Waals surface area contributed by atoms with Crippen molar-refractivity contribution < 1.29 is 4.79 Å². The molecule has 1 atom stereocenters. The van der Waals surface area contributed by atoms with Gasteiger partial charge in [-0.05, 0) is 30.5 Å². The number of carbonyl (C=O) groups excluding carboxylic acids is 1. The van der Waals surface area contributed by atoms with Crippen molar-refractivity contribution >= 4 is 16.9 Å². The van der Waals surface area contributed by atoms with E-state index in [1.165, 1.54) is 11.1 Å². The maximum absolute atomic E-state index is 12.5. The van der Waals surface area contributed by atoms with E-state index in [-0.39, 0.29) is 11.8 Å². The van der Waals surface area contributed by atoms with Crippen molar-refractivity contribution in [2.24, 2.45) is 0 Å². The van der Waals surface area contributed by atoms with Gasteiger partial charge in [0.25, 0.3) is 0 Å². The molecule has 1 fully saturated rings. The third-order valence-electron chi connectivity index (χ3n) is 5.51. The van der Waals surface area contributed by atoms with Gasteiger partial charge >= 0.3 is 0 Å². The number of fused-ring (bicyclic) bond motifs is 1. The number of rotatable bonds is 7. The number of nitrogens with zero attached hydrogens (tertiary/aromatic N) is 3. The topological polar surface area (TPSA) is 38.1 Å². The molecule has 27 heavy (non-hydrogen) atoms. The quantitative estimate of drug-likeness (QED) is 0.626. The standard InChI is InChI=1S/C23H27N3O/c1-2-3-14-25-17-19(16-22(25)27)23-24-20-11-7-8-12-21(20)26(23)15-13-18-9-5-4-6-10-18/h4-12,19H,2-3,13-17H2,1H3. The lowest BCUT2D eigenvalue weighted by molar-refractivity contribution is -0.127. The first-order chi connectivity index (χ1) is 13.3. The number of likely N-dealkylation sites (tertiary alicyclic amines) is 1. The largest absolute Gasteiger partial charge is 0.342 e. The minimum atomic E-state index is 0.192. The molecule has 4 heteroatoms. The van der Waals surface area contributed by atoms with E-state index in [4.69, 9.17) is 4.98 Å². The van der Waals surface area contributed by atoms with Crippen LogP contribution in [0.15, 0.2) is 54.6 Å². The molecule has 4 nitrogen and oxygen atoms in total. The highest BCUT2D eigenvalue weighted by Crippen LogP contribution is 2.30. The van der Waals surface area contributed by atoms with E-state index in [0.717, 1.165) is 50.2 Å². The Bertz CT molecular complexity index is 916. The SMILES string of the molecule is CCCCN1CC(c2nc3ccccc3n2CCc2ccccc2)CC1=O. The first-order valence-corrected chi connectivity index (χ1v) is 10.0. The summed E-state index contributed by atoms with van der Waals surface area (Å²) in [7, 11) is 0. The first-order valence-electron chi connectivity index (χ1n) is 10.0. The molecular weight excluding hydrogens is 334 g/mol. The second-order valence-electron chi connectivity index (χ2n) is 7.44. The Labute approximate surface area is 160 Å². The Kier molecular flexibility index (Phi) is 5.23. The second-order valence-corrected chi connectivity index (χ2v) is 7.44. The third-order valence-corrected chi connectivity index (χ3v) is 5.51. The van der Waals surface area contributed by atoms with Crippen molar-refractivity contribution in [2.75, 3.05) is 13.1 Å². The molecule has 1 aliphatic rings. The summed E-state index contributed by atoms with van der Waals surface area (Å²) in [5, 5.41) is 0. The number of amides is 1. The van der Waals surface area contributed by atoms with Crippen molar-refractivity contribution in [1.82, 2.24) is 14.5 Å². The molecule has 1 aromatic heterocycles. The molecule has 1 unspecified atom stereocenters. The minimum Gasteiger partial charge on any atom is -0.342 e. The van der Waals surface area contributed by atoms with Crippen LogP contribution in [0, 0.1) is 0 Å². The Morgan fingerprint density at radius 1 is 1.04 bits per heavy atom. The molecule has 0 bridgehead atoms. The number of carbonyl (C=O) groups is 1. The first kappa shape index (κ1) is 17.8. The lowest BCUT2D eigenvalue weighted by atomic mass is 10.1. The number of para-hydroxylation sites is 2. The van der Waals surface area contributed by atoms with Crippen LogP contribution in [0.5, 0.6) is 0 Å². The van der Waals surface area contributed by atoms with Crippen molar-refractivity contribution in [3.8, 4) is 0 Å². The van der Waals surface area contributed by atoms with E-state index in [2.05, 4.69) is 60.0 Å². The molecule has 1 saturated heterocycles. The summed E-state index contributed by atoms with van der Waals surface area (Å²) < 4.78 is 2.34. The number of imidazole rings is 1. The highest BCUT2D eigenvalue weighted by molar-refractivity contribution is 5.80. The number of benzene rings is 2. The zero-order valence-corrected chi connectivity index (χ0v) is 16.0. The summed E-state index contributed by atoms with van der Waals surface area (Å²) >= 11 is 0. The number of hydrogen-bond donors (Lipinski definition) is 0. The van der Waals surface area contributed by atoms with E-state index in [9.17, 15) is 4.79 Å². The van der Waals surface area contributed by atoms with Crippen molar-refractivity contribution in [3.63, 3.8) is 0 Å². The van der Waals surface area contributed by atoms with Crippen molar-refractivity contribution in [3.05, 3.63) is 66.0 Å². The summed E-state index contributed by atoms with van der Waals surface area (Å²) in [4.78, 5) is 19.4. The predicted molar refractivity (Wildman–Crippen MR) is 109 cm³/mol. The highest BCUT2D eigenvalue weighted by atomic mass is 16.2. The van der Waals surface area contributed by atoms with Crippen LogP contribution in [-0.4, -0.2) is 33.4 Å². The van der Waals surface area contributed by atoms with E-state index in [1.807, 2.05) is 11.0 Å². The maximum Gasteiger partial charge on any atom is 0.223 e. The van der Waals surface area contributed by atoms with Crippen LogP contribution in [0.2, 0.25) is 0 Å². The average Bonchev–Trinajstić information content (AvgIpc) is 3.25. The van der Waals surface area contributed by atoms with Crippen LogP contribution in [-0.2, 0) is 17.8 Å². The van der Waals surface area contributed by atoms with Gasteiger partial charge in [-0.25, -0.2) is 4.98 Å². The van der Waals surface area contributed by atoms with E-state index in [1.54, 1.807) is 0 Å². The molecule has 0 N–H and O–H groups in total. The molecule has 0 spiro atoms. The predicted octanol–water partition coefficient (Wildman–Crippen LogP) is 4.40. The fraction of sp³-hybridized carbons (Fsp3) is 0.391. The minimum absolute atomic E-state index is 0.192. The summed E-state index contributed by atoms with van der Waals surface area (Å²) in [5.41, 5.74) is 3.52. The Morgan fingerprint density at radius 3 is 2.63 bits per heavy atom. The third kappa shape index (κ3) is 3.75. The molecule has 0 radical (unpaired) electrons. The van der Waals surface area contributed by atoms with Crippen LogP contribution < -0.4 is 0 Å².